The molecule has 3 nitrogen and oxygen atoms in total. The zero-order valence-corrected chi connectivity index (χ0v) is 13.7. The Balaban J connectivity index is 2.44. The minimum atomic E-state index is -1.20. The Morgan fingerprint density at radius 3 is 2.33 bits per heavy atom. The van der Waals surface area contributed by atoms with Crippen LogP contribution in [0.2, 0.25) is 0 Å². The highest BCUT2D eigenvalue weighted by atomic mass is 16.5. The first-order valence-corrected chi connectivity index (χ1v) is 7.68. The van der Waals surface area contributed by atoms with Gasteiger partial charge in [-0.15, -0.1) is 0 Å². The van der Waals surface area contributed by atoms with E-state index in [-0.39, 0.29) is 17.4 Å². The number of rotatable bonds is 3. The molecule has 0 saturated heterocycles. The van der Waals surface area contributed by atoms with E-state index in [4.69, 9.17) is 4.74 Å². The fraction of sp³-hybridized carbons (Fsp3) is 0.611. The summed E-state index contributed by atoms with van der Waals surface area (Å²) in [6.07, 6.45) is 1.05. The van der Waals surface area contributed by atoms with E-state index >= 15 is 0 Å². The molecule has 0 amide bonds. The van der Waals surface area contributed by atoms with Crippen molar-refractivity contribution in [3.63, 3.8) is 0 Å². The molecule has 3 heteroatoms. The molecular weight excluding hydrogens is 264 g/mol. The van der Waals surface area contributed by atoms with Crippen molar-refractivity contribution in [1.82, 2.24) is 0 Å². The number of ether oxygens (including phenoxy) is 1. The Morgan fingerprint density at radius 2 is 1.76 bits per heavy atom. The van der Waals surface area contributed by atoms with Gasteiger partial charge >= 0.3 is 5.97 Å². The summed E-state index contributed by atoms with van der Waals surface area (Å²) in [5.41, 5.74) is 3.38. The van der Waals surface area contributed by atoms with E-state index in [1.54, 1.807) is 6.92 Å². The normalized spacial score (nSPS) is 20.5. The zero-order valence-electron chi connectivity index (χ0n) is 13.7. The second-order valence-corrected chi connectivity index (χ2v) is 7.23. The van der Waals surface area contributed by atoms with Crippen LogP contribution in [0.3, 0.4) is 0 Å². The highest BCUT2D eigenvalue weighted by Gasteiger charge is 2.37. The van der Waals surface area contributed by atoms with Gasteiger partial charge in [-0.25, -0.2) is 4.79 Å². The summed E-state index contributed by atoms with van der Waals surface area (Å²) < 4.78 is 4.91. The minimum Gasteiger partial charge on any atom is -0.464 e. The molecule has 0 radical (unpaired) electrons. The molecule has 1 N–H and O–H groups in total. The summed E-state index contributed by atoms with van der Waals surface area (Å²) in [4.78, 5) is 11.7. The molecule has 0 aromatic heterocycles. The summed E-state index contributed by atoms with van der Waals surface area (Å²) in [5.74, 6) is -0.578. The summed E-state index contributed by atoms with van der Waals surface area (Å²) in [7, 11) is 0. The summed E-state index contributed by atoms with van der Waals surface area (Å²) >= 11 is 0. The maximum atomic E-state index is 11.7. The van der Waals surface area contributed by atoms with Crippen molar-refractivity contribution in [3.8, 4) is 0 Å². The number of esters is 1. The largest absolute Gasteiger partial charge is 0.464 e. The van der Waals surface area contributed by atoms with Crippen LogP contribution in [0.4, 0.5) is 0 Å². The number of benzene rings is 1. The number of hydrogen-bond donors (Lipinski definition) is 1. The van der Waals surface area contributed by atoms with Gasteiger partial charge in [-0.05, 0) is 47.3 Å². The van der Waals surface area contributed by atoms with Gasteiger partial charge in [0.1, 0.15) is 0 Å². The molecule has 0 fully saturated rings. The number of carbonyl (C=O) groups is 1. The van der Waals surface area contributed by atoms with Crippen LogP contribution < -0.4 is 0 Å². The minimum absolute atomic E-state index is 0.0647. The van der Waals surface area contributed by atoms with E-state index in [9.17, 15) is 9.90 Å². The molecule has 116 valence electrons. The van der Waals surface area contributed by atoms with Gasteiger partial charge in [0.2, 0.25) is 0 Å². The molecule has 0 aliphatic heterocycles. The van der Waals surface area contributed by atoms with Crippen molar-refractivity contribution in [3.05, 3.63) is 34.9 Å². The van der Waals surface area contributed by atoms with Crippen molar-refractivity contribution >= 4 is 5.97 Å². The molecule has 0 saturated carbocycles. The Labute approximate surface area is 127 Å². The Bertz CT molecular complexity index is 543. The van der Waals surface area contributed by atoms with Crippen LogP contribution in [0.1, 0.15) is 70.3 Å². The third-order valence-corrected chi connectivity index (χ3v) is 4.70. The monoisotopic (exact) mass is 290 g/mol. The molecule has 1 atom stereocenters. The fourth-order valence-corrected chi connectivity index (χ4v) is 3.13. The molecule has 1 aromatic carbocycles. The summed E-state index contributed by atoms with van der Waals surface area (Å²) in [6.45, 7) is 11.0. The Morgan fingerprint density at radius 1 is 1.19 bits per heavy atom. The number of fused-ring (bicyclic) bond motifs is 1. The number of hydrogen-bond acceptors (Lipinski definition) is 3. The average Bonchev–Trinajstić information content (AvgIpc) is 2.43. The lowest BCUT2D eigenvalue weighted by molar-refractivity contribution is -0.153. The first-order chi connectivity index (χ1) is 9.69. The van der Waals surface area contributed by atoms with Crippen LogP contribution in [0.15, 0.2) is 18.2 Å². The number of carbonyl (C=O) groups excluding carboxylic acids is 1. The predicted octanol–water partition coefficient (Wildman–Crippen LogP) is 3.63. The molecular formula is C18H26O3. The second-order valence-electron chi connectivity index (χ2n) is 7.23. The Kier molecular flexibility index (Phi) is 4.16. The highest BCUT2D eigenvalue weighted by Crippen LogP contribution is 2.46. The smallest absolute Gasteiger partial charge is 0.339 e. The van der Waals surface area contributed by atoms with Gasteiger partial charge in [-0.2, -0.15) is 0 Å². The van der Waals surface area contributed by atoms with Gasteiger partial charge in [0.25, 0.3) is 0 Å². The molecule has 1 aromatic rings. The predicted molar refractivity (Wildman–Crippen MR) is 83.3 cm³/mol. The zero-order chi connectivity index (χ0) is 15.8. The van der Waals surface area contributed by atoms with Crippen LogP contribution in [-0.4, -0.2) is 17.7 Å². The van der Waals surface area contributed by atoms with E-state index in [2.05, 4.69) is 33.8 Å². The molecule has 0 heterocycles. The van der Waals surface area contributed by atoms with E-state index in [1.807, 2.05) is 12.1 Å². The van der Waals surface area contributed by atoms with Crippen LogP contribution >= 0.6 is 0 Å². The molecule has 21 heavy (non-hydrogen) atoms. The third kappa shape index (κ3) is 2.98. The molecule has 2 rings (SSSR count). The molecule has 0 spiro atoms. The lowest BCUT2D eigenvalue weighted by atomic mass is 9.63. The van der Waals surface area contributed by atoms with E-state index in [1.165, 1.54) is 11.1 Å². The van der Waals surface area contributed by atoms with Gasteiger partial charge in [0, 0.05) is 0 Å². The van der Waals surface area contributed by atoms with Gasteiger partial charge in [-0.1, -0.05) is 45.9 Å². The highest BCUT2D eigenvalue weighted by molar-refractivity contribution is 5.76. The van der Waals surface area contributed by atoms with Crippen LogP contribution in [0.25, 0.3) is 0 Å². The first kappa shape index (κ1) is 16.0. The van der Waals surface area contributed by atoms with Crippen molar-refractivity contribution < 1.29 is 14.6 Å². The summed E-state index contributed by atoms with van der Waals surface area (Å²) in [6, 6.07) is 5.90. The Hall–Kier alpha value is -1.35. The van der Waals surface area contributed by atoms with E-state index in [0.717, 1.165) is 12.8 Å². The molecule has 0 bridgehead atoms. The van der Waals surface area contributed by atoms with Crippen LogP contribution in [0, 0.1) is 0 Å². The van der Waals surface area contributed by atoms with Crippen molar-refractivity contribution in [2.45, 2.75) is 64.4 Å². The van der Waals surface area contributed by atoms with Gasteiger partial charge in [-0.3, -0.25) is 0 Å². The number of aliphatic hydroxyl groups excluding tert-OH is 1. The summed E-state index contributed by atoms with van der Waals surface area (Å²) in [5, 5.41) is 10.1. The van der Waals surface area contributed by atoms with E-state index in [0.29, 0.717) is 5.56 Å². The van der Waals surface area contributed by atoms with Gasteiger partial charge in [0.05, 0.1) is 6.61 Å². The topological polar surface area (TPSA) is 46.5 Å². The lowest BCUT2D eigenvalue weighted by Gasteiger charge is -2.42. The molecule has 1 aliphatic rings. The van der Waals surface area contributed by atoms with Crippen LogP contribution in [-0.2, 0) is 20.4 Å². The third-order valence-electron chi connectivity index (χ3n) is 4.70. The lowest BCUT2D eigenvalue weighted by Crippen LogP contribution is -2.34. The molecule has 1 unspecified atom stereocenters. The number of aliphatic hydroxyl groups is 1. The second kappa shape index (κ2) is 5.45. The molecule has 1 aliphatic carbocycles. The standard InChI is InChI=1S/C18H26O3/c1-6-21-16(20)15(19)12-7-8-13-14(11-12)18(4,5)10-9-17(13,2)3/h7-8,11,15,19H,6,9-10H2,1-5H3. The van der Waals surface area contributed by atoms with Crippen LogP contribution in [0.5, 0.6) is 0 Å². The van der Waals surface area contributed by atoms with Gasteiger partial charge < -0.3 is 9.84 Å². The quantitative estimate of drug-likeness (QED) is 0.865. The maximum absolute atomic E-state index is 11.7. The fourth-order valence-electron chi connectivity index (χ4n) is 3.13. The maximum Gasteiger partial charge on any atom is 0.339 e. The van der Waals surface area contributed by atoms with E-state index < -0.39 is 12.1 Å². The van der Waals surface area contributed by atoms with Gasteiger partial charge in [0.15, 0.2) is 6.10 Å². The average molecular weight is 290 g/mol. The van der Waals surface area contributed by atoms with Crippen molar-refractivity contribution in [1.29, 1.82) is 0 Å². The van der Waals surface area contributed by atoms with Crippen molar-refractivity contribution in [2.24, 2.45) is 0 Å². The van der Waals surface area contributed by atoms with Crippen molar-refractivity contribution in [2.75, 3.05) is 6.61 Å². The SMILES string of the molecule is CCOC(=O)C(O)c1ccc2c(c1)C(C)(C)CCC2(C)C. The first-order valence-electron chi connectivity index (χ1n) is 7.68.